The van der Waals surface area contributed by atoms with E-state index in [2.05, 4.69) is 11.4 Å². The van der Waals surface area contributed by atoms with Gasteiger partial charge >= 0.3 is 0 Å². The molecule has 1 N–H and O–H groups in total. The maximum absolute atomic E-state index is 11.9. The molecule has 23 heavy (non-hydrogen) atoms. The predicted octanol–water partition coefficient (Wildman–Crippen LogP) is 4.41. The van der Waals surface area contributed by atoms with Crippen LogP contribution in [0.1, 0.15) is 16.7 Å². The van der Waals surface area contributed by atoms with Crippen molar-refractivity contribution < 1.29 is 4.79 Å². The van der Waals surface area contributed by atoms with Crippen LogP contribution in [0.4, 0.5) is 0 Å². The van der Waals surface area contributed by atoms with Crippen LogP contribution in [0.2, 0.25) is 10.0 Å². The summed E-state index contributed by atoms with van der Waals surface area (Å²) in [6.07, 6.45) is 0. The monoisotopic (exact) mass is 364 g/mol. The number of halogens is 2. The van der Waals surface area contributed by atoms with Gasteiger partial charge in [-0.15, -0.1) is 11.8 Å². The van der Waals surface area contributed by atoms with Crippen LogP contribution in [0.3, 0.4) is 0 Å². The number of rotatable bonds is 6. The molecule has 0 bridgehead atoms. The van der Waals surface area contributed by atoms with Crippen molar-refractivity contribution in [2.24, 2.45) is 0 Å². The third-order valence-corrected chi connectivity index (χ3v) is 4.69. The molecule has 0 spiro atoms. The van der Waals surface area contributed by atoms with Crippen molar-refractivity contribution in [1.82, 2.24) is 5.32 Å². The van der Waals surface area contributed by atoms with Crippen molar-refractivity contribution in [2.75, 3.05) is 5.75 Å². The van der Waals surface area contributed by atoms with Gasteiger partial charge in [-0.1, -0.05) is 47.5 Å². The molecule has 0 aliphatic heterocycles. The van der Waals surface area contributed by atoms with Crippen molar-refractivity contribution >= 4 is 40.9 Å². The Hall–Kier alpha value is -1.67. The summed E-state index contributed by atoms with van der Waals surface area (Å²) in [6.45, 7) is 0.365. The SMILES string of the molecule is N#Cc1ccccc1CSCC(=O)NCc1ccc(Cl)cc1Cl. The summed E-state index contributed by atoms with van der Waals surface area (Å²) in [7, 11) is 0. The number of thioether (sulfide) groups is 1. The van der Waals surface area contributed by atoms with Crippen LogP contribution in [-0.4, -0.2) is 11.7 Å². The molecular weight excluding hydrogens is 351 g/mol. The molecule has 0 saturated heterocycles. The summed E-state index contributed by atoms with van der Waals surface area (Å²) in [5.74, 6) is 0.875. The van der Waals surface area contributed by atoms with Gasteiger partial charge in [0.05, 0.1) is 17.4 Å². The van der Waals surface area contributed by atoms with E-state index in [1.807, 2.05) is 18.2 Å². The highest BCUT2D eigenvalue weighted by Gasteiger charge is 2.06. The van der Waals surface area contributed by atoms with E-state index < -0.39 is 0 Å². The third-order valence-electron chi connectivity index (χ3n) is 3.12. The molecule has 0 heterocycles. The van der Waals surface area contributed by atoms with Crippen LogP contribution in [0.25, 0.3) is 0 Å². The molecule has 118 valence electrons. The highest BCUT2D eigenvalue weighted by Crippen LogP contribution is 2.21. The Bertz CT molecular complexity index is 744. The van der Waals surface area contributed by atoms with Crippen molar-refractivity contribution in [2.45, 2.75) is 12.3 Å². The molecule has 2 aromatic carbocycles. The number of hydrogen-bond donors (Lipinski definition) is 1. The quantitative estimate of drug-likeness (QED) is 0.825. The van der Waals surface area contributed by atoms with E-state index in [-0.39, 0.29) is 5.91 Å². The van der Waals surface area contributed by atoms with Gasteiger partial charge < -0.3 is 5.32 Å². The first-order valence-corrected chi connectivity index (χ1v) is 8.77. The lowest BCUT2D eigenvalue weighted by molar-refractivity contribution is -0.118. The molecule has 0 aliphatic rings. The van der Waals surface area contributed by atoms with Gasteiger partial charge in [0.1, 0.15) is 0 Å². The fourth-order valence-electron chi connectivity index (χ4n) is 1.92. The zero-order valence-corrected chi connectivity index (χ0v) is 14.5. The standard InChI is InChI=1S/C17H14Cl2N2OS/c18-15-6-5-13(16(19)7-15)9-21-17(22)11-23-10-14-4-2-1-3-12(14)8-20/h1-7H,9-11H2,(H,21,22). The van der Waals surface area contributed by atoms with E-state index in [1.54, 1.807) is 24.3 Å². The summed E-state index contributed by atoms with van der Waals surface area (Å²) >= 11 is 13.4. The Labute approximate surface area is 149 Å². The maximum atomic E-state index is 11.9. The Morgan fingerprint density at radius 2 is 1.96 bits per heavy atom. The van der Waals surface area contributed by atoms with E-state index in [0.717, 1.165) is 11.1 Å². The fourth-order valence-corrected chi connectivity index (χ4v) is 3.26. The van der Waals surface area contributed by atoms with Gasteiger partial charge in [0, 0.05) is 22.3 Å². The summed E-state index contributed by atoms with van der Waals surface area (Å²) in [4.78, 5) is 11.9. The molecule has 0 unspecified atom stereocenters. The smallest absolute Gasteiger partial charge is 0.230 e. The maximum Gasteiger partial charge on any atom is 0.230 e. The molecule has 6 heteroatoms. The Morgan fingerprint density at radius 1 is 1.17 bits per heavy atom. The van der Waals surface area contributed by atoms with Gasteiger partial charge in [-0.2, -0.15) is 5.26 Å². The van der Waals surface area contributed by atoms with E-state index in [1.165, 1.54) is 11.8 Å². The van der Waals surface area contributed by atoms with Gasteiger partial charge in [0.25, 0.3) is 0 Å². The molecule has 1 amide bonds. The molecule has 0 aliphatic carbocycles. The Morgan fingerprint density at radius 3 is 2.70 bits per heavy atom. The zero-order chi connectivity index (χ0) is 16.7. The van der Waals surface area contributed by atoms with E-state index in [0.29, 0.717) is 33.7 Å². The number of carbonyl (C=O) groups is 1. The van der Waals surface area contributed by atoms with Gasteiger partial charge in [-0.25, -0.2) is 0 Å². The first-order valence-electron chi connectivity index (χ1n) is 6.86. The Kier molecular flexibility index (Phi) is 6.79. The highest BCUT2D eigenvalue weighted by atomic mass is 35.5. The number of carbonyl (C=O) groups excluding carboxylic acids is 1. The lowest BCUT2D eigenvalue weighted by atomic mass is 10.1. The lowest BCUT2D eigenvalue weighted by Crippen LogP contribution is -2.24. The molecular formula is C17H14Cl2N2OS. The second-order valence-electron chi connectivity index (χ2n) is 4.77. The van der Waals surface area contributed by atoms with Crippen molar-refractivity contribution in [3.8, 4) is 6.07 Å². The van der Waals surface area contributed by atoms with Gasteiger partial charge in [0.2, 0.25) is 5.91 Å². The second kappa shape index (κ2) is 8.83. The number of nitrogens with zero attached hydrogens (tertiary/aromatic N) is 1. The lowest BCUT2D eigenvalue weighted by Gasteiger charge is -2.08. The molecule has 0 aromatic heterocycles. The fraction of sp³-hybridized carbons (Fsp3) is 0.176. The number of benzene rings is 2. The van der Waals surface area contributed by atoms with Crippen LogP contribution >= 0.6 is 35.0 Å². The first kappa shape index (κ1) is 17.7. The highest BCUT2D eigenvalue weighted by molar-refractivity contribution is 7.99. The van der Waals surface area contributed by atoms with Crippen molar-refractivity contribution in [3.05, 3.63) is 69.2 Å². The third kappa shape index (κ3) is 5.47. The van der Waals surface area contributed by atoms with E-state index in [9.17, 15) is 4.79 Å². The normalized spacial score (nSPS) is 10.1. The second-order valence-corrected chi connectivity index (χ2v) is 6.60. The predicted molar refractivity (Wildman–Crippen MR) is 95.6 cm³/mol. The molecule has 2 rings (SSSR count). The van der Waals surface area contributed by atoms with Gasteiger partial charge in [-0.3, -0.25) is 4.79 Å². The first-order chi connectivity index (χ1) is 11.1. The summed E-state index contributed by atoms with van der Waals surface area (Å²) in [6, 6.07) is 14.7. The molecule has 3 nitrogen and oxygen atoms in total. The number of hydrogen-bond acceptors (Lipinski definition) is 3. The zero-order valence-electron chi connectivity index (χ0n) is 12.2. The van der Waals surface area contributed by atoms with Crippen LogP contribution < -0.4 is 5.32 Å². The van der Waals surface area contributed by atoms with Gasteiger partial charge in [-0.05, 0) is 29.3 Å². The number of nitrogens with one attached hydrogen (secondary N) is 1. The largest absolute Gasteiger partial charge is 0.351 e. The molecule has 0 radical (unpaired) electrons. The minimum Gasteiger partial charge on any atom is -0.351 e. The summed E-state index contributed by atoms with van der Waals surface area (Å²) in [5, 5.41) is 12.9. The molecule has 0 saturated carbocycles. The number of nitriles is 1. The average molecular weight is 365 g/mol. The topological polar surface area (TPSA) is 52.9 Å². The summed E-state index contributed by atoms with van der Waals surface area (Å²) < 4.78 is 0. The number of amides is 1. The van der Waals surface area contributed by atoms with E-state index >= 15 is 0 Å². The van der Waals surface area contributed by atoms with Crippen LogP contribution in [0, 0.1) is 11.3 Å². The summed E-state index contributed by atoms with van der Waals surface area (Å²) in [5.41, 5.74) is 2.41. The van der Waals surface area contributed by atoms with E-state index in [4.69, 9.17) is 28.5 Å². The van der Waals surface area contributed by atoms with Crippen molar-refractivity contribution in [1.29, 1.82) is 5.26 Å². The van der Waals surface area contributed by atoms with Crippen LogP contribution in [0.15, 0.2) is 42.5 Å². The minimum atomic E-state index is -0.0737. The minimum absolute atomic E-state index is 0.0737. The molecule has 0 atom stereocenters. The van der Waals surface area contributed by atoms with Crippen LogP contribution in [0.5, 0.6) is 0 Å². The van der Waals surface area contributed by atoms with Crippen LogP contribution in [-0.2, 0) is 17.1 Å². The van der Waals surface area contributed by atoms with Crippen molar-refractivity contribution in [3.63, 3.8) is 0 Å². The van der Waals surface area contributed by atoms with Gasteiger partial charge in [0.15, 0.2) is 0 Å². The average Bonchev–Trinajstić information content (AvgIpc) is 2.54. The Balaban J connectivity index is 1.78. The molecule has 2 aromatic rings. The molecule has 0 fully saturated rings.